The molecule has 1 radical (unpaired) electrons. The number of hydrogen-bond acceptors (Lipinski definition) is 2. The summed E-state index contributed by atoms with van der Waals surface area (Å²) in [4.78, 5) is 2.53. The highest BCUT2D eigenvalue weighted by Gasteiger charge is 2.20. The fraction of sp³-hybridized carbons (Fsp3) is 0.455. The van der Waals surface area contributed by atoms with Gasteiger partial charge in [0.25, 0.3) is 0 Å². The number of aliphatic hydroxyl groups is 1. The van der Waals surface area contributed by atoms with Gasteiger partial charge in [0.05, 0.1) is 6.61 Å². The van der Waals surface area contributed by atoms with Crippen molar-refractivity contribution in [3.8, 4) is 0 Å². The van der Waals surface area contributed by atoms with Crippen LogP contribution < -0.4 is 0 Å². The van der Waals surface area contributed by atoms with E-state index in [9.17, 15) is 5.11 Å². The summed E-state index contributed by atoms with van der Waals surface area (Å²) >= 11 is 0. The van der Waals surface area contributed by atoms with E-state index in [0.717, 1.165) is 24.1 Å². The van der Waals surface area contributed by atoms with Crippen LogP contribution in [0.4, 0.5) is 0 Å². The van der Waals surface area contributed by atoms with Crippen LogP contribution in [0.25, 0.3) is 0 Å². The molecule has 0 bridgehead atoms. The smallest absolute Gasteiger partial charge is 0.0684 e. The lowest BCUT2D eigenvalue weighted by atomic mass is 9.85. The summed E-state index contributed by atoms with van der Waals surface area (Å²) in [5.74, 6) is 0.259. The Morgan fingerprint density at radius 1 is 0.958 bits per heavy atom. The minimum Gasteiger partial charge on any atom is -0.392 e. The van der Waals surface area contributed by atoms with E-state index in [0.29, 0.717) is 12.1 Å². The highest BCUT2D eigenvalue weighted by atomic mass is 16.3. The summed E-state index contributed by atoms with van der Waals surface area (Å²) in [5, 5.41) is 9.74. The quantitative estimate of drug-likeness (QED) is 0.766. The van der Waals surface area contributed by atoms with Crippen molar-refractivity contribution in [2.75, 3.05) is 6.54 Å². The molecule has 2 rings (SSSR count). The average Bonchev–Trinajstić information content (AvgIpc) is 2.59. The molecule has 2 aromatic rings. The first-order valence-corrected chi connectivity index (χ1v) is 8.95. The van der Waals surface area contributed by atoms with Crippen molar-refractivity contribution in [2.45, 2.75) is 58.7 Å². The van der Waals surface area contributed by atoms with Crippen LogP contribution in [0.2, 0.25) is 0 Å². The molecule has 0 aliphatic heterocycles. The third kappa shape index (κ3) is 4.68. The number of aliphatic hydroxyl groups excluding tert-OH is 1. The predicted molar refractivity (Wildman–Crippen MR) is 101 cm³/mol. The van der Waals surface area contributed by atoms with Gasteiger partial charge in [0.15, 0.2) is 0 Å². The van der Waals surface area contributed by atoms with Gasteiger partial charge in [0.1, 0.15) is 0 Å². The van der Waals surface area contributed by atoms with Crippen molar-refractivity contribution in [1.29, 1.82) is 0 Å². The lowest BCUT2D eigenvalue weighted by Crippen LogP contribution is -2.38. The van der Waals surface area contributed by atoms with E-state index >= 15 is 0 Å². The minimum absolute atomic E-state index is 0.0636. The maximum absolute atomic E-state index is 9.74. The number of nitrogens with zero attached hydrogens (tertiary/aromatic N) is 1. The zero-order chi connectivity index (χ0) is 17.5. The first-order valence-electron chi connectivity index (χ1n) is 8.95. The highest BCUT2D eigenvalue weighted by Crippen LogP contribution is 2.31. The third-order valence-electron chi connectivity index (χ3n) is 4.70. The molecule has 129 valence electrons. The van der Waals surface area contributed by atoms with E-state index in [4.69, 9.17) is 0 Å². The van der Waals surface area contributed by atoms with Gasteiger partial charge in [-0.25, -0.2) is 0 Å². The van der Waals surface area contributed by atoms with Crippen LogP contribution in [0.5, 0.6) is 0 Å². The predicted octanol–water partition coefficient (Wildman–Crippen LogP) is 4.62. The minimum atomic E-state index is 0.0636. The first kappa shape index (κ1) is 18.7. The SMILES string of the molecule is CC(C)N(CCC(c1ccccc1)c1[c]cccc1CO)C(C)C. The van der Waals surface area contributed by atoms with Crippen LogP contribution in [0.3, 0.4) is 0 Å². The molecule has 2 nitrogen and oxygen atoms in total. The highest BCUT2D eigenvalue weighted by molar-refractivity contribution is 5.37. The Hall–Kier alpha value is -1.64. The zero-order valence-corrected chi connectivity index (χ0v) is 15.4. The fourth-order valence-electron chi connectivity index (χ4n) is 3.50. The molecule has 2 heteroatoms. The van der Waals surface area contributed by atoms with E-state index in [-0.39, 0.29) is 12.5 Å². The topological polar surface area (TPSA) is 23.5 Å². The Labute approximate surface area is 147 Å². The summed E-state index contributed by atoms with van der Waals surface area (Å²) < 4.78 is 0. The van der Waals surface area contributed by atoms with E-state index in [2.05, 4.69) is 69.0 Å². The van der Waals surface area contributed by atoms with Crippen LogP contribution in [0.15, 0.2) is 48.5 Å². The van der Waals surface area contributed by atoms with Gasteiger partial charge in [-0.2, -0.15) is 0 Å². The first-order chi connectivity index (χ1) is 11.5. The van der Waals surface area contributed by atoms with E-state index in [1.165, 1.54) is 5.56 Å². The molecule has 0 aromatic heterocycles. The average molecular weight is 324 g/mol. The molecule has 0 saturated heterocycles. The van der Waals surface area contributed by atoms with Crippen molar-refractivity contribution in [3.63, 3.8) is 0 Å². The second-order valence-electron chi connectivity index (χ2n) is 6.94. The van der Waals surface area contributed by atoms with Crippen LogP contribution in [0.1, 0.15) is 56.7 Å². The Bertz CT molecular complexity index is 598. The Kier molecular flexibility index (Phi) is 7.01. The largest absolute Gasteiger partial charge is 0.392 e. The number of rotatable bonds is 8. The normalized spacial score (nSPS) is 13.0. The zero-order valence-electron chi connectivity index (χ0n) is 15.4. The summed E-state index contributed by atoms with van der Waals surface area (Å²) in [6.45, 7) is 10.1. The number of benzene rings is 2. The van der Waals surface area contributed by atoms with Crippen LogP contribution in [-0.4, -0.2) is 28.6 Å². The fourth-order valence-corrected chi connectivity index (χ4v) is 3.50. The van der Waals surface area contributed by atoms with Gasteiger partial charge in [0, 0.05) is 18.0 Å². The maximum atomic E-state index is 9.74. The van der Waals surface area contributed by atoms with Gasteiger partial charge in [-0.05, 0) is 63.4 Å². The third-order valence-corrected chi connectivity index (χ3v) is 4.70. The summed E-state index contributed by atoms with van der Waals surface area (Å²) in [6, 6.07) is 20.9. The molecule has 1 N–H and O–H groups in total. The molecule has 0 aliphatic carbocycles. The second-order valence-corrected chi connectivity index (χ2v) is 6.94. The molecule has 0 fully saturated rings. The molecule has 0 spiro atoms. The molecule has 24 heavy (non-hydrogen) atoms. The van der Waals surface area contributed by atoms with Gasteiger partial charge in [-0.3, -0.25) is 4.90 Å². The Balaban J connectivity index is 2.31. The standard InChI is InChI=1S/C22H30NO/c1-17(2)23(18(3)4)15-14-22(19-10-6-5-7-11-19)21-13-9-8-12-20(21)16-24/h5-12,17-18,22,24H,14-16H2,1-4H3. The van der Waals surface area contributed by atoms with Gasteiger partial charge < -0.3 is 5.11 Å². The van der Waals surface area contributed by atoms with Crippen LogP contribution in [0, 0.1) is 6.07 Å². The summed E-state index contributed by atoms with van der Waals surface area (Å²) in [7, 11) is 0. The number of hydrogen-bond donors (Lipinski definition) is 1. The molecule has 0 aliphatic rings. The molecule has 1 unspecified atom stereocenters. The molecular formula is C22H30NO. The van der Waals surface area contributed by atoms with Gasteiger partial charge in [-0.1, -0.05) is 48.5 Å². The lowest BCUT2D eigenvalue weighted by molar-refractivity contribution is 0.170. The Morgan fingerprint density at radius 3 is 2.21 bits per heavy atom. The van der Waals surface area contributed by atoms with Crippen LogP contribution >= 0.6 is 0 Å². The molecule has 0 heterocycles. The van der Waals surface area contributed by atoms with Crippen molar-refractivity contribution < 1.29 is 5.11 Å². The van der Waals surface area contributed by atoms with Crippen molar-refractivity contribution >= 4 is 0 Å². The molecule has 1 atom stereocenters. The molecule has 0 amide bonds. The maximum Gasteiger partial charge on any atom is 0.0684 e. The summed E-state index contributed by atoms with van der Waals surface area (Å²) in [5.41, 5.74) is 3.40. The van der Waals surface area contributed by atoms with E-state index < -0.39 is 0 Å². The van der Waals surface area contributed by atoms with E-state index in [1.54, 1.807) is 0 Å². The van der Waals surface area contributed by atoms with Crippen molar-refractivity contribution in [3.05, 3.63) is 71.3 Å². The molecule has 2 aromatic carbocycles. The summed E-state index contributed by atoms with van der Waals surface area (Å²) in [6.07, 6.45) is 1.02. The molecule has 0 saturated carbocycles. The van der Waals surface area contributed by atoms with Gasteiger partial charge in [0.2, 0.25) is 0 Å². The molecular weight excluding hydrogens is 294 g/mol. The monoisotopic (exact) mass is 324 g/mol. The van der Waals surface area contributed by atoms with Crippen molar-refractivity contribution in [2.24, 2.45) is 0 Å². The second kappa shape index (κ2) is 9.00. The van der Waals surface area contributed by atoms with E-state index in [1.807, 2.05) is 18.2 Å². The van der Waals surface area contributed by atoms with Gasteiger partial charge in [-0.15, -0.1) is 0 Å². The van der Waals surface area contributed by atoms with Crippen LogP contribution in [-0.2, 0) is 6.61 Å². The lowest BCUT2D eigenvalue weighted by Gasteiger charge is -2.32. The van der Waals surface area contributed by atoms with Gasteiger partial charge >= 0.3 is 0 Å². The van der Waals surface area contributed by atoms with Crippen molar-refractivity contribution in [1.82, 2.24) is 4.90 Å². The Morgan fingerprint density at radius 2 is 1.62 bits per heavy atom.